The highest BCUT2D eigenvalue weighted by molar-refractivity contribution is 5.89. The standard InChI is InChI=1S/C10H16N4O/c1-2-4-8(11)7-9(15)14-10-12-5-3-6-13-10/h3,5-6,8H,2,4,7,11H2,1H3,(H,12,13,14,15). The van der Waals surface area contributed by atoms with Crippen LogP contribution in [0.3, 0.4) is 0 Å². The summed E-state index contributed by atoms with van der Waals surface area (Å²) in [5.41, 5.74) is 5.74. The molecule has 0 aliphatic heterocycles. The summed E-state index contributed by atoms with van der Waals surface area (Å²) < 4.78 is 0. The molecule has 0 saturated carbocycles. The molecule has 1 unspecified atom stereocenters. The van der Waals surface area contributed by atoms with Crippen LogP contribution < -0.4 is 11.1 Å². The smallest absolute Gasteiger partial charge is 0.229 e. The number of amides is 1. The Labute approximate surface area is 89.1 Å². The quantitative estimate of drug-likeness (QED) is 0.754. The van der Waals surface area contributed by atoms with Gasteiger partial charge in [0.05, 0.1) is 0 Å². The zero-order valence-electron chi connectivity index (χ0n) is 8.81. The first-order valence-electron chi connectivity index (χ1n) is 5.04. The van der Waals surface area contributed by atoms with E-state index in [1.807, 2.05) is 6.92 Å². The van der Waals surface area contributed by atoms with Crippen LogP contribution in [-0.2, 0) is 4.79 Å². The Hall–Kier alpha value is -1.49. The maximum absolute atomic E-state index is 11.4. The number of rotatable bonds is 5. The highest BCUT2D eigenvalue weighted by atomic mass is 16.1. The number of aromatic nitrogens is 2. The van der Waals surface area contributed by atoms with Crippen LogP contribution in [-0.4, -0.2) is 21.9 Å². The van der Waals surface area contributed by atoms with E-state index < -0.39 is 0 Å². The fraction of sp³-hybridized carbons (Fsp3) is 0.500. The minimum atomic E-state index is -0.137. The molecule has 82 valence electrons. The molecular weight excluding hydrogens is 192 g/mol. The molecule has 0 aliphatic carbocycles. The van der Waals surface area contributed by atoms with E-state index in [9.17, 15) is 4.79 Å². The lowest BCUT2D eigenvalue weighted by molar-refractivity contribution is -0.116. The topological polar surface area (TPSA) is 80.9 Å². The maximum Gasteiger partial charge on any atom is 0.229 e. The number of nitrogens with two attached hydrogens (primary N) is 1. The van der Waals surface area contributed by atoms with Crippen LogP contribution in [0.25, 0.3) is 0 Å². The molecule has 0 aliphatic rings. The fourth-order valence-corrected chi connectivity index (χ4v) is 1.25. The van der Waals surface area contributed by atoms with E-state index >= 15 is 0 Å². The number of carbonyl (C=O) groups excluding carboxylic acids is 1. The van der Waals surface area contributed by atoms with E-state index in [1.165, 1.54) is 0 Å². The number of anilines is 1. The van der Waals surface area contributed by atoms with Crippen molar-refractivity contribution >= 4 is 11.9 Å². The lowest BCUT2D eigenvalue weighted by Gasteiger charge is -2.09. The second kappa shape index (κ2) is 6.08. The summed E-state index contributed by atoms with van der Waals surface area (Å²) in [6.07, 6.45) is 5.30. The van der Waals surface area contributed by atoms with Crippen LogP contribution in [0.4, 0.5) is 5.95 Å². The summed E-state index contributed by atoms with van der Waals surface area (Å²) >= 11 is 0. The van der Waals surface area contributed by atoms with E-state index in [-0.39, 0.29) is 11.9 Å². The third-order valence-corrected chi connectivity index (χ3v) is 1.92. The number of nitrogens with one attached hydrogen (secondary N) is 1. The second-order valence-electron chi connectivity index (χ2n) is 3.37. The van der Waals surface area contributed by atoms with Gasteiger partial charge in [0, 0.05) is 24.9 Å². The van der Waals surface area contributed by atoms with E-state index in [0.29, 0.717) is 12.4 Å². The summed E-state index contributed by atoms with van der Waals surface area (Å²) in [6, 6.07) is 1.61. The first-order valence-corrected chi connectivity index (χ1v) is 5.04. The van der Waals surface area contributed by atoms with Gasteiger partial charge in [0.1, 0.15) is 0 Å². The van der Waals surface area contributed by atoms with Crippen molar-refractivity contribution in [3.63, 3.8) is 0 Å². The van der Waals surface area contributed by atoms with Gasteiger partial charge in [-0.05, 0) is 12.5 Å². The van der Waals surface area contributed by atoms with Crippen molar-refractivity contribution in [3.8, 4) is 0 Å². The molecule has 3 N–H and O–H groups in total. The Balaban J connectivity index is 2.36. The highest BCUT2D eigenvalue weighted by Crippen LogP contribution is 2.01. The Morgan fingerprint density at radius 1 is 1.53 bits per heavy atom. The monoisotopic (exact) mass is 208 g/mol. The Kier molecular flexibility index (Phi) is 4.70. The van der Waals surface area contributed by atoms with Gasteiger partial charge in [0.25, 0.3) is 0 Å². The van der Waals surface area contributed by atoms with Crippen molar-refractivity contribution in [2.75, 3.05) is 5.32 Å². The first kappa shape index (κ1) is 11.6. The van der Waals surface area contributed by atoms with Crippen LogP contribution in [0.15, 0.2) is 18.5 Å². The van der Waals surface area contributed by atoms with Crippen molar-refractivity contribution in [2.24, 2.45) is 5.73 Å². The molecule has 0 saturated heterocycles. The van der Waals surface area contributed by atoms with Crippen LogP contribution in [0.5, 0.6) is 0 Å². The lowest BCUT2D eigenvalue weighted by Crippen LogP contribution is -2.27. The summed E-state index contributed by atoms with van der Waals surface area (Å²) in [5, 5.41) is 2.59. The molecule has 5 heteroatoms. The predicted molar refractivity (Wildman–Crippen MR) is 58.2 cm³/mol. The molecule has 1 amide bonds. The fourth-order valence-electron chi connectivity index (χ4n) is 1.25. The van der Waals surface area contributed by atoms with Gasteiger partial charge >= 0.3 is 0 Å². The normalized spacial score (nSPS) is 12.1. The molecular formula is C10H16N4O. The van der Waals surface area contributed by atoms with Crippen LogP contribution in [0.1, 0.15) is 26.2 Å². The molecule has 1 rings (SSSR count). The average Bonchev–Trinajstić information content (AvgIpc) is 2.19. The molecule has 0 bridgehead atoms. The van der Waals surface area contributed by atoms with E-state index in [2.05, 4.69) is 15.3 Å². The molecule has 0 fully saturated rings. The molecule has 1 aromatic heterocycles. The van der Waals surface area contributed by atoms with Crippen LogP contribution in [0, 0.1) is 0 Å². The lowest BCUT2D eigenvalue weighted by atomic mass is 10.1. The van der Waals surface area contributed by atoms with Gasteiger partial charge in [-0.1, -0.05) is 13.3 Å². The minimum Gasteiger partial charge on any atom is -0.327 e. The average molecular weight is 208 g/mol. The van der Waals surface area contributed by atoms with E-state index in [0.717, 1.165) is 12.8 Å². The van der Waals surface area contributed by atoms with Gasteiger partial charge in [-0.3, -0.25) is 10.1 Å². The molecule has 1 aromatic rings. The van der Waals surface area contributed by atoms with Gasteiger partial charge in [0.2, 0.25) is 11.9 Å². The Bertz CT molecular complexity index is 302. The van der Waals surface area contributed by atoms with Gasteiger partial charge in [0.15, 0.2) is 0 Å². The molecule has 0 aromatic carbocycles. The van der Waals surface area contributed by atoms with Gasteiger partial charge < -0.3 is 5.73 Å². The van der Waals surface area contributed by atoms with Gasteiger partial charge in [-0.2, -0.15) is 0 Å². The summed E-state index contributed by atoms with van der Waals surface area (Å²) in [5.74, 6) is 0.188. The van der Waals surface area contributed by atoms with E-state index in [1.54, 1.807) is 18.5 Å². The van der Waals surface area contributed by atoms with Crippen molar-refractivity contribution in [2.45, 2.75) is 32.2 Å². The van der Waals surface area contributed by atoms with Crippen LogP contribution in [0.2, 0.25) is 0 Å². The summed E-state index contributed by atoms with van der Waals surface area (Å²) in [7, 11) is 0. The molecule has 5 nitrogen and oxygen atoms in total. The maximum atomic E-state index is 11.4. The molecule has 15 heavy (non-hydrogen) atoms. The van der Waals surface area contributed by atoms with Crippen molar-refractivity contribution in [1.29, 1.82) is 0 Å². The largest absolute Gasteiger partial charge is 0.327 e. The van der Waals surface area contributed by atoms with Crippen molar-refractivity contribution in [1.82, 2.24) is 9.97 Å². The van der Waals surface area contributed by atoms with Crippen molar-refractivity contribution < 1.29 is 4.79 Å². The summed E-state index contributed by atoms with van der Waals surface area (Å²) in [6.45, 7) is 2.04. The number of carbonyl (C=O) groups is 1. The van der Waals surface area contributed by atoms with Crippen molar-refractivity contribution in [3.05, 3.63) is 18.5 Å². The van der Waals surface area contributed by atoms with Crippen LogP contribution >= 0.6 is 0 Å². The molecule has 0 spiro atoms. The SMILES string of the molecule is CCCC(N)CC(=O)Nc1ncccn1. The summed E-state index contributed by atoms with van der Waals surface area (Å²) in [4.78, 5) is 19.2. The zero-order valence-corrected chi connectivity index (χ0v) is 8.81. The second-order valence-corrected chi connectivity index (χ2v) is 3.37. The predicted octanol–water partition coefficient (Wildman–Crippen LogP) is 0.933. The Morgan fingerprint density at radius 3 is 2.80 bits per heavy atom. The number of hydrogen-bond acceptors (Lipinski definition) is 4. The highest BCUT2D eigenvalue weighted by Gasteiger charge is 2.09. The number of nitrogens with zero attached hydrogens (tertiary/aromatic N) is 2. The molecule has 1 atom stereocenters. The Morgan fingerprint density at radius 2 is 2.20 bits per heavy atom. The molecule has 1 heterocycles. The first-order chi connectivity index (χ1) is 7.22. The zero-order chi connectivity index (χ0) is 11.1. The van der Waals surface area contributed by atoms with Gasteiger partial charge in [-0.15, -0.1) is 0 Å². The van der Waals surface area contributed by atoms with Gasteiger partial charge in [-0.25, -0.2) is 9.97 Å². The molecule has 0 radical (unpaired) electrons. The minimum absolute atomic E-state index is 0.0845. The number of hydrogen-bond donors (Lipinski definition) is 2. The van der Waals surface area contributed by atoms with E-state index in [4.69, 9.17) is 5.73 Å². The third kappa shape index (κ3) is 4.51. The third-order valence-electron chi connectivity index (χ3n) is 1.92.